The molecule has 4 heteroatoms. The van der Waals surface area contributed by atoms with Crippen molar-refractivity contribution in [1.82, 2.24) is 4.98 Å². The van der Waals surface area contributed by atoms with Gasteiger partial charge in [-0.3, -0.25) is 0 Å². The molecule has 2 rings (SSSR count). The van der Waals surface area contributed by atoms with Gasteiger partial charge in [0.05, 0.1) is 22.4 Å². The van der Waals surface area contributed by atoms with Gasteiger partial charge < -0.3 is 10.4 Å². The number of hydrogen-bond donors (Lipinski definition) is 2. The molecule has 1 aromatic heterocycles. The summed E-state index contributed by atoms with van der Waals surface area (Å²) < 4.78 is 1.17. The molecule has 1 unspecified atom stereocenters. The van der Waals surface area contributed by atoms with Crippen molar-refractivity contribution in [1.29, 1.82) is 0 Å². The van der Waals surface area contributed by atoms with E-state index in [1.54, 1.807) is 11.3 Å². The molecule has 16 heavy (non-hydrogen) atoms. The summed E-state index contributed by atoms with van der Waals surface area (Å²) in [5.74, 6) is 0. The van der Waals surface area contributed by atoms with Crippen molar-refractivity contribution < 1.29 is 5.11 Å². The molecule has 0 aliphatic carbocycles. The Labute approximate surface area is 99.1 Å². The third-order valence-electron chi connectivity index (χ3n) is 2.83. The fourth-order valence-corrected chi connectivity index (χ4v) is 2.44. The zero-order chi connectivity index (χ0) is 11.6. The number of anilines is 1. The van der Waals surface area contributed by atoms with Gasteiger partial charge in [-0.25, -0.2) is 4.98 Å². The highest BCUT2D eigenvalue weighted by molar-refractivity contribution is 7.22. The van der Waals surface area contributed by atoms with E-state index >= 15 is 0 Å². The number of para-hydroxylation sites is 1. The number of aliphatic hydroxyl groups excluding tert-OH is 1. The zero-order valence-corrected chi connectivity index (χ0v) is 10.3. The Morgan fingerprint density at radius 1 is 1.44 bits per heavy atom. The molecule has 0 radical (unpaired) electrons. The predicted molar refractivity (Wildman–Crippen MR) is 69.0 cm³/mol. The van der Waals surface area contributed by atoms with Crippen LogP contribution in [0.3, 0.4) is 0 Å². The number of aromatic nitrogens is 1. The fourth-order valence-electron chi connectivity index (χ4n) is 1.42. The van der Waals surface area contributed by atoms with Crippen LogP contribution in [0, 0.1) is 0 Å². The fraction of sp³-hybridized carbons (Fsp3) is 0.417. The number of nitrogens with one attached hydrogen (secondary N) is 1. The molecule has 0 aliphatic heterocycles. The third kappa shape index (κ3) is 2.18. The first kappa shape index (κ1) is 11.4. The Morgan fingerprint density at radius 2 is 2.19 bits per heavy atom. The molecule has 2 aromatic rings. The first-order valence-corrected chi connectivity index (χ1v) is 6.23. The lowest BCUT2D eigenvalue weighted by Crippen LogP contribution is -2.37. The number of aliphatic hydroxyl groups is 1. The molecule has 1 heterocycles. The molecular weight excluding hydrogens is 220 g/mol. The molecular formula is C12H16N2OS. The van der Waals surface area contributed by atoms with Crippen molar-refractivity contribution in [3.05, 3.63) is 24.3 Å². The van der Waals surface area contributed by atoms with Crippen LogP contribution < -0.4 is 5.32 Å². The minimum atomic E-state index is -0.284. The SMILES string of the molecule is CCC(C)(CO)Nc1nc2ccccc2s1. The van der Waals surface area contributed by atoms with E-state index in [-0.39, 0.29) is 12.1 Å². The van der Waals surface area contributed by atoms with E-state index in [0.717, 1.165) is 17.1 Å². The number of hydrogen-bond acceptors (Lipinski definition) is 4. The number of fused-ring (bicyclic) bond motifs is 1. The first-order valence-electron chi connectivity index (χ1n) is 5.41. The van der Waals surface area contributed by atoms with E-state index in [4.69, 9.17) is 0 Å². The van der Waals surface area contributed by atoms with Crippen molar-refractivity contribution in [2.45, 2.75) is 25.8 Å². The lowest BCUT2D eigenvalue weighted by Gasteiger charge is -2.26. The maximum absolute atomic E-state index is 9.34. The van der Waals surface area contributed by atoms with Crippen LogP contribution in [0.5, 0.6) is 0 Å². The minimum Gasteiger partial charge on any atom is -0.394 e. The molecule has 0 bridgehead atoms. The standard InChI is InChI=1S/C12H16N2OS/c1-3-12(2,8-15)14-11-13-9-6-4-5-7-10(9)16-11/h4-7,15H,3,8H2,1-2H3,(H,13,14). The lowest BCUT2D eigenvalue weighted by molar-refractivity contribution is 0.219. The van der Waals surface area contributed by atoms with Crippen LogP contribution in [0.25, 0.3) is 10.2 Å². The van der Waals surface area contributed by atoms with Gasteiger partial charge in [0, 0.05) is 0 Å². The topological polar surface area (TPSA) is 45.1 Å². The molecule has 0 aliphatic rings. The summed E-state index contributed by atoms with van der Waals surface area (Å²) in [6, 6.07) is 8.05. The van der Waals surface area contributed by atoms with Crippen molar-refractivity contribution in [2.75, 3.05) is 11.9 Å². The molecule has 0 fully saturated rings. The predicted octanol–water partition coefficient (Wildman–Crippen LogP) is 2.87. The Balaban J connectivity index is 2.27. The van der Waals surface area contributed by atoms with Crippen LogP contribution in [-0.2, 0) is 0 Å². The summed E-state index contributed by atoms with van der Waals surface area (Å²) in [6.07, 6.45) is 0.861. The quantitative estimate of drug-likeness (QED) is 0.858. The molecule has 86 valence electrons. The van der Waals surface area contributed by atoms with Gasteiger partial charge in [0.15, 0.2) is 5.13 Å². The van der Waals surface area contributed by atoms with Crippen molar-refractivity contribution in [3.8, 4) is 0 Å². The van der Waals surface area contributed by atoms with E-state index in [0.29, 0.717) is 0 Å². The smallest absolute Gasteiger partial charge is 0.184 e. The van der Waals surface area contributed by atoms with Crippen molar-refractivity contribution >= 4 is 26.7 Å². The Bertz CT molecular complexity index is 444. The van der Waals surface area contributed by atoms with Crippen LogP contribution in [0.2, 0.25) is 0 Å². The van der Waals surface area contributed by atoms with Crippen LogP contribution in [0.15, 0.2) is 24.3 Å². The second kappa shape index (κ2) is 4.39. The second-order valence-electron chi connectivity index (χ2n) is 4.18. The molecule has 0 spiro atoms. The van der Waals surface area contributed by atoms with Crippen LogP contribution in [-0.4, -0.2) is 22.2 Å². The van der Waals surface area contributed by atoms with E-state index < -0.39 is 0 Å². The monoisotopic (exact) mass is 236 g/mol. The van der Waals surface area contributed by atoms with Gasteiger partial charge in [-0.1, -0.05) is 30.4 Å². The summed E-state index contributed by atoms with van der Waals surface area (Å²) in [5, 5.41) is 13.5. The summed E-state index contributed by atoms with van der Waals surface area (Å²) in [6.45, 7) is 4.16. The number of benzene rings is 1. The summed E-state index contributed by atoms with van der Waals surface area (Å²) >= 11 is 1.62. The number of thiazole rings is 1. The van der Waals surface area contributed by atoms with Gasteiger partial charge in [-0.15, -0.1) is 0 Å². The Hall–Kier alpha value is -1.13. The third-order valence-corrected chi connectivity index (χ3v) is 3.78. The molecule has 1 aromatic carbocycles. The highest BCUT2D eigenvalue weighted by Gasteiger charge is 2.21. The average Bonchev–Trinajstić information content (AvgIpc) is 2.70. The molecule has 0 amide bonds. The highest BCUT2D eigenvalue weighted by atomic mass is 32.1. The number of nitrogens with zero attached hydrogens (tertiary/aromatic N) is 1. The van der Waals surface area contributed by atoms with Crippen molar-refractivity contribution in [2.24, 2.45) is 0 Å². The first-order chi connectivity index (χ1) is 7.67. The lowest BCUT2D eigenvalue weighted by atomic mass is 10.0. The van der Waals surface area contributed by atoms with Gasteiger partial charge in [0.2, 0.25) is 0 Å². The molecule has 2 N–H and O–H groups in total. The van der Waals surface area contributed by atoms with E-state index in [2.05, 4.69) is 23.3 Å². The van der Waals surface area contributed by atoms with E-state index in [9.17, 15) is 5.11 Å². The molecule has 1 atom stereocenters. The van der Waals surface area contributed by atoms with Gasteiger partial charge in [-0.05, 0) is 25.5 Å². The molecule has 3 nitrogen and oxygen atoms in total. The zero-order valence-electron chi connectivity index (χ0n) is 9.53. The Morgan fingerprint density at radius 3 is 2.81 bits per heavy atom. The highest BCUT2D eigenvalue weighted by Crippen LogP contribution is 2.28. The normalized spacial score (nSPS) is 14.9. The largest absolute Gasteiger partial charge is 0.394 e. The average molecular weight is 236 g/mol. The molecule has 0 saturated carbocycles. The van der Waals surface area contributed by atoms with Gasteiger partial charge in [-0.2, -0.15) is 0 Å². The minimum absolute atomic E-state index is 0.111. The number of rotatable bonds is 4. The summed E-state index contributed by atoms with van der Waals surface area (Å²) in [7, 11) is 0. The summed E-state index contributed by atoms with van der Waals surface area (Å²) in [4.78, 5) is 4.49. The van der Waals surface area contributed by atoms with Gasteiger partial charge in [0.1, 0.15) is 0 Å². The van der Waals surface area contributed by atoms with Gasteiger partial charge in [0.25, 0.3) is 0 Å². The van der Waals surface area contributed by atoms with Crippen LogP contribution in [0.1, 0.15) is 20.3 Å². The Kier molecular flexibility index (Phi) is 3.12. The van der Waals surface area contributed by atoms with Crippen LogP contribution in [0.4, 0.5) is 5.13 Å². The maximum Gasteiger partial charge on any atom is 0.184 e. The van der Waals surface area contributed by atoms with E-state index in [1.165, 1.54) is 4.70 Å². The van der Waals surface area contributed by atoms with Gasteiger partial charge >= 0.3 is 0 Å². The van der Waals surface area contributed by atoms with Crippen molar-refractivity contribution in [3.63, 3.8) is 0 Å². The molecule has 0 saturated heterocycles. The van der Waals surface area contributed by atoms with E-state index in [1.807, 2.05) is 25.1 Å². The second-order valence-corrected chi connectivity index (χ2v) is 5.21. The maximum atomic E-state index is 9.34. The summed E-state index contributed by atoms with van der Waals surface area (Å²) in [5.41, 5.74) is 0.722. The van der Waals surface area contributed by atoms with Crippen LogP contribution >= 0.6 is 11.3 Å².